The number of aromatic nitrogens is 6. The van der Waals surface area contributed by atoms with Crippen molar-refractivity contribution in [2.75, 3.05) is 5.73 Å². The van der Waals surface area contributed by atoms with E-state index in [4.69, 9.17) is 10.5 Å². The predicted octanol–water partition coefficient (Wildman–Crippen LogP) is 3.71. The summed E-state index contributed by atoms with van der Waals surface area (Å²) in [7, 11) is 0. The number of benzene rings is 1. The summed E-state index contributed by atoms with van der Waals surface area (Å²) < 4.78 is 22.3. The van der Waals surface area contributed by atoms with Gasteiger partial charge in [-0.2, -0.15) is 25.4 Å². The van der Waals surface area contributed by atoms with Crippen molar-refractivity contribution in [1.29, 1.82) is 5.26 Å². The number of nitrogens with zero attached hydrogens (tertiary/aromatic N) is 7. The van der Waals surface area contributed by atoms with Crippen LogP contribution in [0.3, 0.4) is 0 Å². The summed E-state index contributed by atoms with van der Waals surface area (Å²) in [5, 5.41) is 26.4. The predicted molar refractivity (Wildman–Crippen MR) is 133 cm³/mol. The number of anilines is 1. The Kier molecular flexibility index (Phi) is 5.81. The highest BCUT2D eigenvalue weighted by molar-refractivity contribution is 5.70. The topological polar surface area (TPSA) is 132 Å². The normalized spacial score (nSPS) is 21.5. The lowest BCUT2D eigenvalue weighted by Gasteiger charge is -2.29. The lowest BCUT2D eigenvalue weighted by molar-refractivity contribution is 0.226. The number of halogens is 1. The average molecular weight is 500 g/mol. The number of rotatable bonds is 6. The first-order valence-electron chi connectivity index (χ1n) is 12.3. The highest BCUT2D eigenvalue weighted by Crippen LogP contribution is 2.37. The maximum Gasteiger partial charge on any atom is 0.170 e. The lowest BCUT2D eigenvalue weighted by atomic mass is 10.00. The van der Waals surface area contributed by atoms with E-state index in [1.54, 1.807) is 37.6 Å². The molecule has 0 saturated carbocycles. The number of nitrogens with one attached hydrogen (secondary N) is 1. The number of piperidine rings is 1. The summed E-state index contributed by atoms with van der Waals surface area (Å²) in [6, 6.07) is 9.56. The van der Waals surface area contributed by atoms with Gasteiger partial charge in [0, 0.05) is 41.2 Å². The zero-order valence-electron chi connectivity index (χ0n) is 20.3. The van der Waals surface area contributed by atoms with Crippen molar-refractivity contribution in [3.8, 4) is 28.6 Å². The summed E-state index contributed by atoms with van der Waals surface area (Å²) in [5.74, 6) is 0.107. The molecule has 5 heterocycles. The molecule has 4 atom stereocenters. The van der Waals surface area contributed by atoms with Crippen LogP contribution in [0.15, 0.2) is 49.1 Å². The van der Waals surface area contributed by atoms with Crippen LogP contribution in [0.5, 0.6) is 5.75 Å². The van der Waals surface area contributed by atoms with E-state index >= 15 is 0 Å². The lowest BCUT2D eigenvalue weighted by Crippen LogP contribution is -2.39. The molecule has 2 aliphatic rings. The van der Waals surface area contributed by atoms with Crippen molar-refractivity contribution >= 4 is 5.82 Å². The van der Waals surface area contributed by atoms with E-state index in [9.17, 15) is 9.65 Å². The molecule has 3 aromatic heterocycles. The molecular weight excluding hydrogens is 473 g/mol. The van der Waals surface area contributed by atoms with Gasteiger partial charge < -0.3 is 15.8 Å². The van der Waals surface area contributed by atoms with Crippen LogP contribution in [0, 0.1) is 17.1 Å². The van der Waals surface area contributed by atoms with Crippen LogP contribution in [0.4, 0.5) is 10.2 Å². The number of ether oxygens (including phenoxy) is 1. The smallest absolute Gasteiger partial charge is 0.170 e. The Morgan fingerprint density at radius 3 is 2.68 bits per heavy atom. The maximum atomic E-state index is 14.2. The third kappa shape index (κ3) is 4.40. The molecule has 0 spiro atoms. The Balaban J connectivity index is 1.30. The summed E-state index contributed by atoms with van der Waals surface area (Å²) >= 11 is 0. The van der Waals surface area contributed by atoms with E-state index in [0.29, 0.717) is 45.9 Å². The van der Waals surface area contributed by atoms with Gasteiger partial charge in [0.2, 0.25) is 0 Å². The van der Waals surface area contributed by atoms with Gasteiger partial charge in [-0.15, -0.1) is 0 Å². The largest absolute Gasteiger partial charge is 0.482 e. The Labute approximate surface area is 212 Å². The van der Waals surface area contributed by atoms with Crippen LogP contribution in [-0.2, 0) is 0 Å². The van der Waals surface area contributed by atoms with Crippen molar-refractivity contribution in [2.24, 2.45) is 0 Å². The molecule has 0 aliphatic carbocycles. The Hall–Kier alpha value is -4.30. The quantitative estimate of drug-likeness (QED) is 0.410. The molecule has 2 saturated heterocycles. The highest BCUT2D eigenvalue weighted by Gasteiger charge is 2.35. The first kappa shape index (κ1) is 23.1. The van der Waals surface area contributed by atoms with Gasteiger partial charge in [0.25, 0.3) is 0 Å². The molecule has 2 aliphatic heterocycles. The van der Waals surface area contributed by atoms with E-state index in [1.165, 1.54) is 29.8 Å². The monoisotopic (exact) mass is 499 g/mol. The zero-order valence-corrected chi connectivity index (χ0v) is 20.3. The van der Waals surface area contributed by atoms with Crippen LogP contribution < -0.4 is 15.8 Å². The second-order valence-corrected chi connectivity index (χ2v) is 9.64. The fourth-order valence-corrected chi connectivity index (χ4v) is 5.44. The Morgan fingerprint density at radius 1 is 1.19 bits per heavy atom. The molecule has 0 amide bonds. The number of nitrogens with two attached hydrogens (primary N) is 1. The fourth-order valence-electron chi connectivity index (χ4n) is 5.44. The van der Waals surface area contributed by atoms with Crippen molar-refractivity contribution in [3.05, 3.63) is 66.1 Å². The first-order valence-corrected chi connectivity index (χ1v) is 12.3. The maximum absolute atomic E-state index is 14.2. The molecule has 37 heavy (non-hydrogen) atoms. The average Bonchev–Trinajstić information content (AvgIpc) is 3.65. The third-order valence-corrected chi connectivity index (χ3v) is 7.22. The van der Waals surface area contributed by atoms with Gasteiger partial charge in [0.1, 0.15) is 18.0 Å². The number of hydrogen-bond acceptors (Lipinski definition) is 8. The molecule has 188 valence electrons. The van der Waals surface area contributed by atoms with Crippen molar-refractivity contribution in [2.45, 2.75) is 56.8 Å². The van der Waals surface area contributed by atoms with E-state index in [1.807, 2.05) is 10.9 Å². The number of nitriles is 1. The zero-order chi connectivity index (χ0) is 25.5. The number of fused-ring (bicyclic) bond motifs is 2. The molecule has 1 aromatic carbocycles. The molecule has 0 radical (unpaired) electrons. The van der Waals surface area contributed by atoms with Crippen molar-refractivity contribution in [3.63, 3.8) is 0 Å². The van der Waals surface area contributed by atoms with Gasteiger partial charge in [-0.1, -0.05) is 0 Å². The minimum Gasteiger partial charge on any atom is -0.482 e. The van der Waals surface area contributed by atoms with Gasteiger partial charge in [0.15, 0.2) is 17.3 Å². The molecule has 11 heteroatoms. The van der Waals surface area contributed by atoms with Crippen LogP contribution in [-0.4, -0.2) is 41.8 Å². The van der Waals surface area contributed by atoms with Gasteiger partial charge in [0.05, 0.1) is 24.1 Å². The van der Waals surface area contributed by atoms with E-state index in [0.717, 1.165) is 12.8 Å². The molecule has 2 fully saturated rings. The van der Waals surface area contributed by atoms with Crippen molar-refractivity contribution in [1.82, 2.24) is 35.1 Å². The molecule has 0 unspecified atom stereocenters. The summed E-state index contributed by atoms with van der Waals surface area (Å²) in [4.78, 5) is 5.73. The molecule has 6 rings (SSSR count). The summed E-state index contributed by atoms with van der Waals surface area (Å²) in [6.07, 6.45) is 10.4. The highest BCUT2D eigenvalue weighted by atomic mass is 19.1. The minimum absolute atomic E-state index is 0.187. The molecule has 3 N–H and O–H groups in total. The third-order valence-electron chi connectivity index (χ3n) is 7.22. The van der Waals surface area contributed by atoms with Gasteiger partial charge >= 0.3 is 0 Å². The molecule has 10 nitrogen and oxygen atoms in total. The van der Waals surface area contributed by atoms with Crippen molar-refractivity contribution < 1.29 is 9.13 Å². The van der Waals surface area contributed by atoms with E-state index in [2.05, 4.69) is 31.7 Å². The number of nitrogen functional groups attached to an aromatic ring is 1. The molecular formula is C26H26FN9O. The van der Waals surface area contributed by atoms with Gasteiger partial charge in [-0.05, 0) is 56.9 Å². The SMILES string of the molecule is C[C@@H](Oc1cc(-c2cn([C@@H]3C[C@H]4CC[C@@H](C3)N4)nc2C#N)cnc1N)c1cc(F)ccc1-n1nccn1. The molecule has 4 aromatic rings. The summed E-state index contributed by atoms with van der Waals surface area (Å²) in [6.45, 7) is 1.79. The van der Waals surface area contributed by atoms with E-state index < -0.39 is 11.9 Å². The number of hydrogen-bond donors (Lipinski definition) is 2. The Morgan fingerprint density at radius 2 is 1.95 bits per heavy atom. The second kappa shape index (κ2) is 9.29. The van der Waals surface area contributed by atoms with Crippen LogP contribution >= 0.6 is 0 Å². The molecule has 2 bridgehead atoms. The standard InChI is InChI=1S/C26H26FN9O/c1-15(21-9-17(27)2-5-24(21)36-31-6-7-32-36)37-25-8-16(13-30-26(25)29)22-14-35(34-23(22)12-28)20-10-18-3-4-19(11-20)33-18/h2,5-9,13-15,18-20,33H,3-4,10-11H2,1H3,(H2,29,30)/t15-,18-,19+,20-/m1/s1. The van der Waals surface area contributed by atoms with Gasteiger partial charge in [-0.3, -0.25) is 4.68 Å². The van der Waals surface area contributed by atoms with Crippen LogP contribution in [0.2, 0.25) is 0 Å². The number of pyridine rings is 1. The minimum atomic E-state index is -0.598. The summed E-state index contributed by atoms with van der Waals surface area (Å²) in [5.41, 5.74) is 8.96. The van der Waals surface area contributed by atoms with E-state index in [-0.39, 0.29) is 11.9 Å². The van der Waals surface area contributed by atoms with Gasteiger partial charge in [-0.25, -0.2) is 9.37 Å². The Bertz CT molecular complexity index is 1460. The second-order valence-electron chi connectivity index (χ2n) is 9.64. The fraction of sp³-hybridized carbons (Fsp3) is 0.346. The first-order chi connectivity index (χ1) is 18.0. The van der Waals surface area contributed by atoms with Crippen LogP contribution in [0.1, 0.15) is 56.0 Å². The van der Waals surface area contributed by atoms with Crippen LogP contribution in [0.25, 0.3) is 16.8 Å².